The van der Waals surface area contributed by atoms with Gasteiger partial charge >= 0.3 is 0 Å². The molecule has 0 unspecified atom stereocenters. The highest BCUT2D eigenvalue weighted by atomic mass is 32.2. The quantitative estimate of drug-likeness (QED) is 0.832. The maximum Gasteiger partial charge on any atom is 0.240 e. The Morgan fingerprint density at radius 1 is 1.42 bits per heavy atom. The molecule has 104 valence electrons. The van der Waals surface area contributed by atoms with E-state index in [2.05, 4.69) is 12.1 Å². The van der Waals surface area contributed by atoms with E-state index < -0.39 is 0 Å². The summed E-state index contributed by atoms with van der Waals surface area (Å²) in [5.74, 6) is 1.05. The van der Waals surface area contributed by atoms with E-state index in [1.807, 2.05) is 29.4 Å². The zero-order valence-corrected chi connectivity index (χ0v) is 12.2. The van der Waals surface area contributed by atoms with E-state index in [1.165, 1.54) is 5.56 Å². The fourth-order valence-electron chi connectivity index (χ4n) is 2.13. The SMILES string of the molecule is CSCC[C@H](N)C(=O)N(Cc1ccccc1)C1CC1. The number of carbonyl (C=O) groups is 1. The number of hydrogen-bond acceptors (Lipinski definition) is 3. The molecule has 3 nitrogen and oxygen atoms in total. The van der Waals surface area contributed by atoms with Crippen LogP contribution < -0.4 is 5.73 Å². The van der Waals surface area contributed by atoms with Crippen LogP contribution >= 0.6 is 11.8 Å². The summed E-state index contributed by atoms with van der Waals surface area (Å²) in [5.41, 5.74) is 7.20. The second kappa shape index (κ2) is 6.96. The van der Waals surface area contributed by atoms with Crippen LogP contribution in [0.2, 0.25) is 0 Å². The molecule has 2 N–H and O–H groups in total. The molecule has 0 spiro atoms. The van der Waals surface area contributed by atoms with Crippen molar-refractivity contribution in [2.24, 2.45) is 5.73 Å². The Morgan fingerprint density at radius 2 is 2.11 bits per heavy atom. The molecule has 0 bridgehead atoms. The summed E-state index contributed by atoms with van der Waals surface area (Å²) < 4.78 is 0. The predicted octanol–water partition coefficient (Wildman–Crippen LogP) is 2.26. The normalized spacial score (nSPS) is 16.1. The number of carbonyl (C=O) groups excluding carboxylic acids is 1. The van der Waals surface area contributed by atoms with Crippen LogP contribution in [0, 0.1) is 0 Å². The average Bonchev–Trinajstić information content (AvgIpc) is 3.27. The number of benzene rings is 1. The van der Waals surface area contributed by atoms with Crippen molar-refractivity contribution in [2.45, 2.75) is 37.9 Å². The zero-order chi connectivity index (χ0) is 13.7. The smallest absolute Gasteiger partial charge is 0.240 e. The van der Waals surface area contributed by atoms with Crippen molar-refractivity contribution in [3.8, 4) is 0 Å². The Labute approximate surface area is 119 Å². The van der Waals surface area contributed by atoms with E-state index in [0.717, 1.165) is 25.0 Å². The number of amides is 1. The number of nitrogens with two attached hydrogens (primary N) is 1. The largest absolute Gasteiger partial charge is 0.334 e. The van der Waals surface area contributed by atoms with Crippen molar-refractivity contribution in [3.05, 3.63) is 35.9 Å². The Kier molecular flexibility index (Phi) is 5.28. The van der Waals surface area contributed by atoms with Crippen LogP contribution in [0.15, 0.2) is 30.3 Å². The molecule has 0 radical (unpaired) electrons. The number of rotatable bonds is 7. The molecule has 1 aromatic carbocycles. The van der Waals surface area contributed by atoms with Crippen LogP contribution in [0.3, 0.4) is 0 Å². The first-order chi connectivity index (χ1) is 9.22. The maximum absolute atomic E-state index is 12.4. The zero-order valence-electron chi connectivity index (χ0n) is 11.4. The molecule has 1 aliphatic rings. The second-order valence-corrected chi connectivity index (χ2v) is 6.06. The van der Waals surface area contributed by atoms with Gasteiger partial charge in [0, 0.05) is 12.6 Å². The summed E-state index contributed by atoms with van der Waals surface area (Å²) >= 11 is 1.74. The fraction of sp³-hybridized carbons (Fsp3) is 0.533. The average molecular weight is 278 g/mol. The molecule has 19 heavy (non-hydrogen) atoms. The van der Waals surface area contributed by atoms with Gasteiger partial charge in [-0.15, -0.1) is 0 Å². The van der Waals surface area contributed by atoms with E-state index >= 15 is 0 Å². The Bertz CT molecular complexity index is 406. The second-order valence-electron chi connectivity index (χ2n) is 5.07. The number of hydrogen-bond donors (Lipinski definition) is 1. The lowest BCUT2D eigenvalue weighted by atomic mass is 10.1. The van der Waals surface area contributed by atoms with Crippen molar-refractivity contribution in [3.63, 3.8) is 0 Å². The van der Waals surface area contributed by atoms with E-state index in [9.17, 15) is 4.79 Å². The summed E-state index contributed by atoms with van der Waals surface area (Å²) in [6.07, 6.45) is 5.04. The van der Waals surface area contributed by atoms with Gasteiger partial charge < -0.3 is 10.6 Å². The lowest BCUT2D eigenvalue weighted by Gasteiger charge is -2.25. The van der Waals surface area contributed by atoms with Gasteiger partial charge in [-0.3, -0.25) is 4.79 Å². The first-order valence-electron chi connectivity index (χ1n) is 6.81. The maximum atomic E-state index is 12.4. The third-order valence-electron chi connectivity index (χ3n) is 3.42. The lowest BCUT2D eigenvalue weighted by Crippen LogP contribution is -2.44. The molecule has 1 aliphatic carbocycles. The minimum absolute atomic E-state index is 0.111. The minimum Gasteiger partial charge on any atom is -0.334 e. The van der Waals surface area contributed by atoms with Crippen LogP contribution in [0.25, 0.3) is 0 Å². The van der Waals surface area contributed by atoms with Gasteiger partial charge in [0.2, 0.25) is 5.91 Å². The van der Waals surface area contributed by atoms with Crippen LogP contribution in [0.5, 0.6) is 0 Å². The van der Waals surface area contributed by atoms with Crippen LogP contribution in [0.1, 0.15) is 24.8 Å². The highest BCUT2D eigenvalue weighted by Crippen LogP contribution is 2.29. The standard InChI is InChI=1S/C15H22N2OS/c1-19-10-9-14(16)15(18)17(13-7-8-13)11-12-5-3-2-4-6-12/h2-6,13-14H,7-11,16H2,1H3/t14-/m0/s1. The van der Waals surface area contributed by atoms with Gasteiger partial charge in [-0.25, -0.2) is 0 Å². The molecule has 4 heteroatoms. The molecule has 0 aliphatic heterocycles. The summed E-state index contributed by atoms with van der Waals surface area (Å²) in [6.45, 7) is 0.692. The van der Waals surface area contributed by atoms with Gasteiger partial charge in [-0.2, -0.15) is 11.8 Å². The van der Waals surface area contributed by atoms with Gasteiger partial charge in [-0.1, -0.05) is 30.3 Å². The fourth-order valence-corrected chi connectivity index (χ4v) is 2.62. The Morgan fingerprint density at radius 3 is 2.68 bits per heavy atom. The highest BCUT2D eigenvalue weighted by Gasteiger charge is 2.34. The summed E-state index contributed by atoms with van der Waals surface area (Å²) in [4.78, 5) is 14.4. The molecular formula is C15H22N2OS. The van der Waals surface area contributed by atoms with Gasteiger partial charge in [0.15, 0.2) is 0 Å². The van der Waals surface area contributed by atoms with E-state index in [-0.39, 0.29) is 11.9 Å². The predicted molar refractivity (Wildman–Crippen MR) is 81.0 cm³/mol. The van der Waals surface area contributed by atoms with Crippen molar-refractivity contribution < 1.29 is 4.79 Å². The molecule has 1 aromatic rings. The van der Waals surface area contributed by atoms with Crippen LogP contribution in [-0.4, -0.2) is 34.9 Å². The third kappa shape index (κ3) is 4.25. The number of nitrogens with zero attached hydrogens (tertiary/aromatic N) is 1. The van der Waals surface area contributed by atoms with E-state index in [1.54, 1.807) is 11.8 Å². The van der Waals surface area contributed by atoms with Crippen molar-refractivity contribution >= 4 is 17.7 Å². The van der Waals surface area contributed by atoms with Crippen molar-refractivity contribution in [1.29, 1.82) is 0 Å². The topological polar surface area (TPSA) is 46.3 Å². The van der Waals surface area contributed by atoms with Crippen LogP contribution in [-0.2, 0) is 11.3 Å². The molecule has 2 rings (SSSR count). The molecule has 1 amide bonds. The lowest BCUT2D eigenvalue weighted by molar-refractivity contribution is -0.133. The van der Waals surface area contributed by atoms with Gasteiger partial charge in [-0.05, 0) is 36.8 Å². The van der Waals surface area contributed by atoms with Gasteiger partial charge in [0.25, 0.3) is 0 Å². The molecule has 0 aromatic heterocycles. The Hall–Kier alpha value is -1.00. The van der Waals surface area contributed by atoms with E-state index in [4.69, 9.17) is 5.73 Å². The summed E-state index contributed by atoms with van der Waals surface area (Å²) in [7, 11) is 0. The van der Waals surface area contributed by atoms with Gasteiger partial charge in [0.05, 0.1) is 6.04 Å². The number of thioether (sulfide) groups is 1. The van der Waals surface area contributed by atoms with E-state index in [0.29, 0.717) is 12.6 Å². The van der Waals surface area contributed by atoms with Crippen LogP contribution in [0.4, 0.5) is 0 Å². The molecular weight excluding hydrogens is 256 g/mol. The van der Waals surface area contributed by atoms with Crippen molar-refractivity contribution in [2.75, 3.05) is 12.0 Å². The van der Waals surface area contributed by atoms with Gasteiger partial charge in [0.1, 0.15) is 0 Å². The first-order valence-corrected chi connectivity index (χ1v) is 8.20. The molecule has 0 heterocycles. The molecule has 0 saturated heterocycles. The molecule has 1 fully saturated rings. The monoisotopic (exact) mass is 278 g/mol. The van der Waals surface area contributed by atoms with Crippen molar-refractivity contribution in [1.82, 2.24) is 4.90 Å². The highest BCUT2D eigenvalue weighted by molar-refractivity contribution is 7.98. The summed E-state index contributed by atoms with van der Waals surface area (Å²) in [6, 6.07) is 10.2. The molecule has 1 atom stereocenters. The summed E-state index contributed by atoms with van der Waals surface area (Å²) in [5, 5.41) is 0. The third-order valence-corrected chi connectivity index (χ3v) is 4.06. The Balaban J connectivity index is 1.97. The molecule has 1 saturated carbocycles. The first kappa shape index (κ1) is 14.4. The minimum atomic E-state index is -0.350.